The summed E-state index contributed by atoms with van der Waals surface area (Å²) < 4.78 is 27.5. The summed E-state index contributed by atoms with van der Waals surface area (Å²) in [7, 11) is 0. The summed E-state index contributed by atoms with van der Waals surface area (Å²) in [6.07, 6.45) is 5.57. The van der Waals surface area contributed by atoms with Crippen LogP contribution in [0, 0.1) is 28.6 Å². The van der Waals surface area contributed by atoms with Crippen molar-refractivity contribution in [2.75, 3.05) is 26.4 Å². The molecule has 0 bridgehead atoms. The molecule has 0 aromatic rings. The molecule has 40 heavy (non-hydrogen) atoms. The van der Waals surface area contributed by atoms with E-state index in [1.807, 2.05) is 0 Å². The number of hydrogen-bond acceptors (Lipinski definition) is 10. The number of carbonyl (C=O) groups excluding carboxylic acids is 5. The molecule has 0 aromatic carbocycles. The van der Waals surface area contributed by atoms with Gasteiger partial charge in [-0.2, -0.15) is 0 Å². The van der Waals surface area contributed by atoms with Crippen LogP contribution < -0.4 is 0 Å². The lowest BCUT2D eigenvalue weighted by atomic mass is 9.43. The summed E-state index contributed by atoms with van der Waals surface area (Å²) in [4.78, 5) is 59.0. The minimum Gasteiger partial charge on any atom is -0.466 e. The van der Waals surface area contributed by atoms with E-state index in [1.54, 1.807) is 6.08 Å². The molecule has 2 fully saturated rings. The molecule has 226 valence electrons. The van der Waals surface area contributed by atoms with E-state index in [0.29, 0.717) is 19.3 Å². The van der Waals surface area contributed by atoms with Gasteiger partial charge in [0, 0.05) is 40.5 Å². The van der Waals surface area contributed by atoms with Gasteiger partial charge in [-0.1, -0.05) is 20.3 Å². The van der Waals surface area contributed by atoms with Crippen molar-refractivity contribution in [3.63, 3.8) is 0 Å². The first kappa shape index (κ1) is 33.3. The third kappa shape index (κ3) is 8.54. The average Bonchev–Trinajstić information content (AvgIpc) is 2.85. The lowest BCUT2D eigenvalue weighted by Gasteiger charge is -2.63. The zero-order valence-corrected chi connectivity index (χ0v) is 25.0. The molecule has 10 heteroatoms. The maximum Gasteiger partial charge on any atom is 0.302 e. The fourth-order valence-corrected chi connectivity index (χ4v) is 6.88. The van der Waals surface area contributed by atoms with Crippen molar-refractivity contribution in [1.29, 1.82) is 0 Å². The van der Waals surface area contributed by atoms with Crippen molar-refractivity contribution in [3.8, 4) is 0 Å². The van der Waals surface area contributed by atoms with Gasteiger partial charge in [0.25, 0.3) is 0 Å². The first-order valence-electron chi connectivity index (χ1n) is 14.1. The molecular weight excluding hydrogens is 520 g/mol. The Balaban J connectivity index is 2.51. The van der Waals surface area contributed by atoms with Crippen LogP contribution in [0.1, 0.15) is 87.0 Å². The lowest BCUT2D eigenvalue weighted by Crippen LogP contribution is -2.64. The van der Waals surface area contributed by atoms with Gasteiger partial charge < -0.3 is 23.7 Å². The molecule has 0 N–H and O–H groups in total. The Bertz CT molecular complexity index is 972. The van der Waals surface area contributed by atoms with Gasteiger partial charge in [-0.05, 0) is 61.0 Å². The molecule has 6 atom stereocenters. The molecule has 0 aliphatic heterocycles. The predicted molar refractivity (Wildman–Crippen MR) is 145 cm³/mol. The van der Waals surface area contributed by atoms with Crippen LogP contribution >= 0.6 is 0 Å². The highest BCUT2D eigenvalue weighted by atomic mass is 16.6. The highest BCUT2D eigenvalue weighted by Crippen LogP contribution is 2.64. The number of ether oxygens (including phenoxy) is 5. The lowest BCUT2D eigenvalue weighted by molar-refractivity contribution is -0.231. The monoisotopic (exact) mass is 566 g/mol. The minimum atomic E-state index is -0.746. The van der Waals surface area contributed by atoms with E-state index in [-0.39, 0.29) is 49.6 Å². The molecule has 2 aliphatic rings. The van der Waals surface area contributed by atoms with Crippen LogP contribution in [0.4, 0.5) is 0 Å². The molecule has 0 unspecified atom stereocenters. The number of esters is 5. The maximum absolute atomic E-state index is 12.3. The van der Waals surface area contributed by atoms with Gasteiger partial charge in [-0.3, -0.25) is 24.0 Å². The fourth-order valence-electron chi connectivity index (χ4n) is 6.88. The third-order valence-corrected chi connectivity index (χ3v) is 8.97. The maximum atomic E-state index is 12.3. The second kappa shape index (κ2) is 14.6. The van der Waals surface area contributed by atoms with E-state index in [2.05, 4.69) is 13.8 Å². The minimum absolute atomic E-state index is 0.0230. The Labute approximate surface area is 237 Å². The standard InChI is InChI=1S/C30H46O10/c1-19-15-28(40-24(6)35)30(18-39-23(5)34)26(17-38-22(4)33)9-8-10-27(30)29(19,7)13-11-25(16-37-21(3)32)12-14-36-20(2)31/h12,19,26-28H,8-11,13-18H2,1-7H3/b25-12-/t19-,26+,27-,28+,29+,30+/m1/s1. The van der Waals surface area contributed by atoms with E-state index < -0.39 is 41.4 Å². The Hall–Kier alpha value is -2.91. The zero-order valence-electron chi connectivity index (χ0n) is 25.0. The molecule has 0 saturated heterocycles. The summed E-state index contributed by atoms with van der Waals surface area (Å²) in [5.74, 6) is -2.10. The van der Waals surface area contributed by atoms with Gasteiger partial charge in [0.1, 0.15) is 25.9 Å². The molecule has 0 heterocycles. The highest BCUT2D eigenvalue weighted by Gasteiger charge is 2.64. The summed E-state index contributed by atoms with van der Waals surface area (Å²) in [6, 6.07) is 0. The van der Waals surface area contributed by atoms with E-state index in [9.17, 15) is 24.0 Å². The Morgan fingerprint density at radius 3 is 2.02 bits per heavy atom. The van der Waals surface area contributed by atoms with Crippen LogP contribution in [0.25, 0.3) is 0 Å². The van der Waals surface area contributed by atoms with Crippen LogP contribution in [0.3, 0.4) is 0 Å². The van der Waals surface area contributed by atoms with Gasteiger partial charge in [0.15, 0.2) is 0 Å². The predicted octanol–water partition coefficient (Wildman–Crippen LogP) is 4.33. The van der Waals surface area contributed by atoms with Gasteiger partial charge >= 0.3 is 29.8 Å². The van der Waals surface area contributed by atoms with Gasteiger partial charge in [-0.25, -0.2) is 0 Å². The first-order valence-corrected chi connectivity index (χ1v) is 14.1. The number of rotatable bonds is 12. The topological polar surface area (TPSA) is 132 Å². The molecule has 0 spiro atoms. The fraction of sp³-hybridized carbons (Fsp3) is 0.767. The van der Waals surface area contributed by atoms with E-state index >= 15 is 0 Å². The third-order valence-electron chi connectivity index (χ3n) is 8.97. The van der Waals surface area contributed by atoms with E-state index in [4.69, 9.17) is 23.7 Å². The van der Waals surface area contributed by atoms with Gasteiger partial charge in [-0.15, -0.1) is 0 Å². The Morgan fingerprint density at radius 1 is 0.825 bits per heavy atom. The van der Waals surface area contributed by atoms with Crippen LogP contribution in [0.15, 0.2) is 11.6 Å². The molecule has 2 saturated carbocycles. The summed E-state index contributed by atoms with van der Waals surface area (Å²) in [5.41, 5.74) is -0.198. The molecule has 0 radical (unpaired) electrons. The highest BCUT2D eigenvalue weighted by molar-refractivity contribution is 5.67. The summed E-state index contributed by atoms with van der Waals surface area (Å²) >= 11 is 0. The Morgan fingerprint density at radius 2 is 1.45 bits per heavy atom. The van der Waals surface area contributed by atoms with E-state index in [0.717, 1.165) is 24.8 Å². The summed E-state index contributed by atoms with van der Waals surface area (Å²) in [5, 5.41) is 0. The van der Waals surface area contributed by atoms with Gasteiger partial charge in [0.2, 0.25) is 0 Å². The van der Waals surface area contributed by atoms with Gasteiger partial charge in [0.05, 0.1) is 12.0 Å². The molecule has 2 aliphatic carbocycles. The average molecular weight is 567 g/mol. The first-order chi connectivity index (χ1) is 18.7. The second-order valence-corrected chi connectivity index (χ2v) is 11.6. The van der Waals surface area contributed by atoms with Crippen molar-refractivity contribution < 1.29 is 47.7 Å². The van der Waals surface area contributed by atoms with Crippen molar-refractivity contribution >= 4 is 29.8 Å². The van der Waals surface area contributed by atoms with Crippen LogP contribution in [-0.2, 0) is 47.7 Å². The van der Waals surface area contributed by atoms with Crippen molar-refractivity contribution in [1.82, 2.24) is 0 Å². The Kier molecular flexibility index (Phi) is 12.2. The number of carbonyl (C=O) groups is 5. The molecule has 0 aromatic heterocycles. The number of fused-ring (bicyclic) bond motifs is 1. The SMILES string of the molecule is CC(=O)OC/C=C(/CC[C@@]1(C)[C@H](C)C[C@H](OC(C)=O)[C@@]2(COC(C)=O)[C@H](COC(C)=O)CCC[C@H]12)COC(C)=O. The molecule has 2 rings (SSSR count). The zero-order chi connectivity index (χ0) is 30.1. The smallest absolute Gasteiger partial charge is 0.302 e. The van der Waals surface area contributed by atoms with Crippen molar-refractivity contribution in [3.05, 3.63) is 11.6 Å². The molecular formula is C30H46O10. The molecule has 10 nitrogen and oxygen atoms in total. The normalized spacial score (nSPS) is 29.9. The van der Waals surface area contributed by atoms with Crippen molar-refractivity contribution in [2.45, 2.75) is 93.1 Å². The van der Waals surface area contributed by atoms with Crippen molar-refractivity contribution in [2.24, 2.45) is 28.6 Å². The van der Waals surface area contributed by atoms with Crippen LogP contribution in [-0.4, -0.2) is 62.4 Å². The second-order valence-electron chi connectivity index (χ2n) is 11.6. The van der Waals surface area contributed by atoms with Crippen LogP contribution in [0.5, 0.6) is 0 Å². The largest absolute Gasteiger partial charge is 0.466 e. The summed E-state index contributed by atoms with van der Waals surface area (Å²) in [6.45, 7) is 11.5. The number of hydrogen-bond donors (Lipinski definition) is 0. The quantitative estimate of drug-likeness (QED) is 0.191. The van der Waals surface area contributed by atoms with E-state index in [1.165, 1.54) is 34.6 Å². The molecule has 0 amide bonds. The van der Waals surface area contributed by atoms with Crippen LogP contribution in [0.2, 0.25) is 0 Å².